The summed E-state index contributed by atoms with van der Waals surface area (Å²) in [5, 5.41) is 0.780. The number of hydrogen-bond acceptors (Lipinski definition) is 5. The molecule has 6 nitrogen and oxygen atoms in total. The molecule has 9 heteroatoms. The molecule has 4 aromatic rings. The minimum atomic E-state index is -4.80. The highest BCUT2D eigenvalue weighted by molar-refractivity contribution is 5.86. The molecule has 0 aliphatic carbocycles. The zero-order chi connectivity index (χ0) is 26.6. The first kappa shape index (κ1) is 25.9. The SMILES string of the molecule is CCOC(=O)Cc1cc2cc(Oc3cccc(OC(F)(F)F)c3)ccc2n1-c1ccc(OC(C)C)cc1. The number of halogens is 3. The van der Waals surface area contributed by atoms with Gasteiger partial charge in [0.25, 0.3) is 0 Å². The molecule has 0 N–H and O–H groups in total. The van der Waals surface area contributed by atoms with Crippen molar-refractivity contribution in [3.63, 3.8) is 0 Å². The Morgan fingerprint density at radius 3 is 2.24 bits per heavy atom. The molecule has 37 heavy (non-hydrogen) atoms. The highest BCUT2D eigenvalue weighted by Crippen LogP contribution is 2.33. The average Bonchev–Trinajstić information content (AvgIpc) is 3.15. The second-order valence-electron chi connectivity index (χ2n) is 8.46. The van der Waals surface area contributed by atoms with Gasteiger partial charge in [0.15, 0.2) is 0 Å². The maximum absolute atomic E-state index is 12.6. The smallest absolute Gasteiger partial charge is 0.491 e. The fourth-order valence-corrected chi connectivity index (χ4v) is 3.93. The van der Waals surface area contributed by atoms with E-state index in [1.54, 1.807) is 19.1 Å². The topological polar surface area (TPSA) is 58.9 Å². The number of hydrogen-bond donors (Lipinski definition) is 0. The first-order valence-corrected chi connectivity index (χ1v) is 11.7. The molecule has 4 rings (SSSR count). The normalized spacial score (nSPS) is 11.5. The molecule has 0 saturated carbocycles. The van der Waals surface area contributed by atoms with Crippen LogP contribution < -0.4 is 14.2 Å². The van der Waals surface area contributed by atoms with E-state index in [0.717, 1.165) is 28.4 Å². The van der Waals surface area contributed by atoms with E-state index in [0.29, 0.717) is 11.4 Å². The lowest BCUT2D eigenvalue weighted by atomic mass is 10.2. The maximum Gasteiger partial charge on any atom is 0.573 e. The van der Waals surface area contributed by atoms with Crippen LogP contribution in [0.15, 0.2) is 72.8 Å². The Balaban J connectivity index is 1.68. The number of rotatable bonds is 9. The van der Waals surface area contributed by atoms with Gasteiger partial charge >= 0.3 is 12.3 Å². The maximum atomic E-state index is 12.6. The quantitative estimate of drug-likeness (QED) is 0.221. The molecule has 0 radical (unpaired) electrons. The minimum absolute atomic E-state index is 0.0387. The van der Waals surface area contributed by atoms with Crippen LogP contribution in [0, 0.1) is 0 Å². The molecule has 0 unspecified atom stereocenters. The van der Waals surface area contributed by atoms with Crippen LogP contribution in [0.5, 0.6) is 23.0 Å². The van der Waals surface area contributed by atoms with Gasteiger partial charge in [-0.3, -0.25) is 4.79 Å². The number of carbonyl (C=O) groups excluding carboxylic acids is 1. The molecule has 3 aromatic carbocycles. The van der Waals surface area contributed by atoms with E-state index < -0.39 is 6.36 Å². The van der Waals surface area contributed by atoms with Crippen molar-refractivity contribution in [2.75, 3.05) is 6.61 Å². The first-order chi connectivity index (χ1) is 17.6. The summed E-state index contributed by atoms with van der Waals surface area (Å²) in [5.41, 5.74) is 2.36. The average molecular weight is 514 g/mol. The molecule has 1 heterocycles. The van der Waals surface area contributed by atoms with Crippen molar-refractivity contribution in [3.8, 4) is 28.7 Å². The number of ether oxygens (including phenoxy) is 4. The third-order valence-electron chi connectivity index (χ3n) is 5.22. The fraction of sp³-hybridized carbons (Fsp3) is 0.250. The van der Waals surface area contributed by atoms with Gasteiger partial charge in [-0.15, -0.1) is 13.2 Å². The molecule has 1 aromatic heterocycles. The highest BCUT2D eigenvalue weighted by atomic mass is 19.4. The van der Waals surface area contributed by atoms with Gasteiger partial charge in [0.05, 0.1) is 24.6 Å². The number of alkyl halides is 3. The van der Waals surface area contributed by atoms with Crippen LogP contribution in [-0.4, -0.2) is 29.6 Å². The lowest BCUT2D eigenvalue weighted by Gasteiger charge is -2.14. The Bertz CT molecular complexity index is 1380. The van der Waals surface area contributed by atoms with E-state index in [-0.39, 0.29) is 36.6 Å². The summed E-state index contributed by atoms with van der Waals surface area (Å²) in [6.07, 6.45) is -4.70. The molecule has 0 fully saturated rings. The monoisotopic (exact) mass is 513 g/mol. The lowest BCUT2D eigenvalue weighted by molar-refractivity contribution is -0.274. The van der Waals surface area contributed by atoms with E-state index in [4.69, 9.17) is 14.2 Å². The summed E-state index contributed by atoms with van der Waals surface area (Å²) in [6.45, 7) is 5.92. The van der Waals surface area contributed by atoms with Gasteiger partial charge in [-0.05, 0) is 81.4 Å². The molecule has 0 bridgehead atoms. The van der Waals surface area contributed by atoms with Gasteiger partial charge in [-0.2, -0.15) is 0 Å². The van der Waals surface area contributed by atoms with Crippen molar-refractivity contribution in [2.45, 2.75) is 39.7 Å². The van der Waals surface area contributed by atoms with Crippen LogP contribution in [0.3, 0.4) is 0 Å². The zero-order valence-corrected chi connectivity index (χ0v) is 20.5. The van der Waals surface area contributed by atoms with Crippen molar-refractivity contribution >= 4 is 16.9 Å². The lowest BCUT2D eigenvalue weighted by Crippen LogP contribution is -2.16. The van der Waals surface area contributed by atoms with Crippen LogP contribution >= 0.6 is 0 Å². The Kier molecular flexibility index (Phi) is 7.61. The second kappa shape index (κ2) is 10.9. The third kappa shape index (κ3) is 6.75. The number of aromatic nitrogens is 1. The number of esters is 1. The van der Waals surface area contributed by atoms with Crippen LogP contribution in [0.2, 0.25) is 0 Å². The van der Waals surface area contributed by atoms with E-state index >= 15 is 0 Å². The Hall–Kier alpha value is -4.14. The minimum Gasteiger partial charge on any atom is -0.491 e. The molecule has 0 aliphatic rings. The van der Waals surface area contributed by atoms with Crippen LogP contribution in [0.4, 0.5) is 13.2 Å². The summed E-state index contributed by atoms with van der Waals surface area (Å²) in [7, 11) is 0. The molecule has 0 aliphatic heterocycles. The van der Waals surface area contributed by atoms with E-state index in [1.807, 2.05) is 54.8 Å². The largest absolute Gasteiger partial charge is 0.573 e. The molecule has 0 spiro atoms. The van der Waals surface area contributed by atoms with E-state index in [1.165, 1.54) is 18.2 Å². The predicted molar refractivity (Wildman–Crippen MR) is 133 cm³/mol. The van der Waals surface area contributed by atoms with Crippen molar-refractivity contribution in [1.82, 2.24) is 4.57 Å². The van der Waals surface area contributed by atoms with Crippen molar-refractivity contribution in [3.05, 3.63) is 78.5 Å². The van der Waals surface area contributed by atoms with Crippen LogP contribution in [0.1, 0.15) is 26.5 Å². The molecule has 0 saturated heterocycles. The Morgan fingerprint density at radius 1 is 0.892 bits per heavy atom. The molecular formula is C28H26F3NO5. The highest BCUT2D eigenvalue weighted by Gasteiger charge is 2.31. The van der Waals surface area contributed by atoms with E-state index in [2.05, 4.69) is 4.74 Å². The van der Waals surface area contributed by atoms with E-state index in [9.17, 15) is 18.0 Å². The van der Waals surface area contributed by atoms with Crippen LogP contribution in [0.25, 0.3) is 16.6 Å². The van der Waals surface area contributed by atoms with Crippen LogP contribution in [-0.2, 0) is 16.0 Å². The summed E-state index contributed by atoms with van der Waals surface area (Å²) >= 11 is 0. The summed E-state index contributed by atoms with van der Waals surface area (Å²) in [5.74, 6) is 0.600. The standard InChI is InChI=1S/C28H26F3NO5/c1-4-34-27(33)16-21-14-19-15-24(36-23-6-5-7-25(17-23)37-28(29,30)31)12-13-26(19)32(21)20-8-10-22(11-9-20)35-18(2)3/h5-15,17-18H,4,16H2,1-3H3. The number of nitrogens with zero attached hydrogens (tertiary/aromatic N) is 1. The number of fused-ring (bicyclic) bond motifs is 1. The van der Waals surface area contributed by atoms with Crippen molar-refractivity contribution in [1.29, 1.82) is 0 Å². The zero-order valence-electron chi connectivity index (χ0n) is 20.5. The van der Waals surface area contributed by atoms with Gasteiger partial charge in [0.2, 0.25) is 0 Å². The van der Waals surface area contributed by atoms with Gasteiger partial charge < -0.3 is 23.5 Å². The van der Waals surface area contributed by atoms with Gasteiger partial charge in [-0.25, -0.2) is 0 Å². The second-order valence-corrected chi connectivity index (χ2v) is 8.46. The fourth-order valence-electron chi connectivity index (χ4n) is 3.93. The summed E-state index contributed by atoms with van der Waals surface area (Å²) < 4.78 is 60.3. The number of benzene rings is 3. The molecule has 0 atom stereocenters. The Labute approximate surface area is 212 Å². The first-order valence-electron chi connectivity index (χ1n) is 11.7. The van der Waals surface area contributed by atoms with Gasteiger partial charge in [0, 0.05) is 22.8 Å². The summed E-state index contributed by atoms with van der Waals surface area (Å²) in [4.78, 5) is 12.3. The summed E-state index contributed by atoms with van der Waals surface area (Å²) in [6, 6.07) is 20.0. The van der Waals surface area contributed by atoms with Crippen molar-refractivity contribution in [2.24, 2.45) is 0 Å². The molecule has 0 amide bonds. The molecule has 194 valence electrons. The van der Waals surface area contributed by atoms with Gasteiger partial charge in [0.1, 0.15) is 23.0 Å². The Morgan fingerprint density at radius 2 is 1.57 bits per heavy atom. The predicted octanol–water partition coefficient (Wildman–Crippen LogP) is 7.21. The van der Waals surface area contributed by atoms with Gasteiger partial charge in [-0.1, -0.05) is 6.07 Å². The van der Waals surface area contributed by atoms with Crippen molar-refractivity contribution < 1.29 is 36.9 Å². The number of carbonyl (C=O) groups is 1. The molecular weight excluding hydrogens is 487 g/mol. The third-order valence-corrected chi connectivity index (χ3v) is 5.22.